The molecule has 102 valence electrons. The molecule has 19 heavy (non-hydrogen) atoms. The van der Waals surface area contributed by atoms with E-state index in [-0.39, 0.29) is 17.0 Å². The zero-order valence-electron chi connectivity index (χ0n) is 10.4. The summed E-state index contributed by atoms with van der Waals surface area (Å²) in [5.41, 5.74) is 0.750. The van der Waals surface area contributed by atoms with Gasteiger partial charge in [-0.05, 0) is 37.4 Å². The van der Waals surface area contributed by atoms with E-state index in [1.165, 1.54) is 6.07 Å². The van der Waals surface area contributed by atoms with E-state index in [0.717, 1.165) is 6.42 Å². The largest absolute Gasteiger partial charge is 0.481 e. The minimum absolute atomic E-state index is 0.00589. The summed E-state index contributed by atoms with van der Waals surface area (Å²) in [5.74, 6) is -1.81. The van der Waals surface area contributed by atoms with Gasteiger partial charge in [-0.15, -0.1) is 0 Å². The van der Waals surface area contributed by atoms with Gasteiger partial charge in [-0.3, -0.25) is 9.59 Å². The summed E-state index contributed by atoms with van der Waals surface area (Å²) in [4.78, 5) is 30.8. The number of aryl methyl sites for hydroxylation is 1. The van der Waals surface area contributed by atoms with Crippen molar-refractivity contribution in [2.75, 3.05) is 0 Å². The number of carbonyl (C=O) groups excluding carboxylic acids is 1. The Kier molecular flexibility index (Phi) is 3.99. The number of hydrogen-bond acceptors (Lipinski definition) is 4. The van der Waals surface area contributed by atoms with Gasteiger partial charge in [0.1, 0.15) is 5.69 Å². The average Bonchev–Trinajstić information content (AvgIpc) is 2.75. The van der Waals surface area contributed by atoms with Gasteiger partial charge < -0.3 is 10.4 Å². The first-order chi connectivity index (χ1) is 8.97. The first-order valence-electron chi connectivity index (χ1n) is 6.02. The Morgan fingerprint density at radius 1 is 1.42 bits per heavy atom. The second-order valence-corrected chi connectivity index (χ2v) is 4.96. The van der Waals surface area contributed by atoms with E-state index in [2.05, 4.69) is 15.3 Å². The molecule has 2 unspecified atom stereocenters. The van der Waals surface area contributed by atoms with Gasteiger partial charge in [0.05, 0.1) is 5.92 Å². The standard InChI is InChI=1S/C12H14ClN3O3/c1-6-5-9(16-12(13)14-6)10(17)15-8-4-2-3-7(8)11(18)19/h5,7-8H,2-4H2,1H3,(H,15,17)(H,18,19). The predicted octanol–water partition coefficient (Wildman–Crippen LogP) is 1.42. The Hall–Kier alpha value is -1.69. The fourth-order valence-electron chi connectivity index (χ4n) is 2.32. The molecular formula is C12H14ClN3O3. The van der Waals surface area contributed by atoms with Gasteiger partial charge in [0, 0.05) is 11.7 Å². The number of rotatable bonds is 3. The number of halogens is 1. The summed E-state index contributed by atoms with van der Waals surface area (Å²) < 4.78 is 0. The van der Waals surface area contributed by atoms with Crippen LogP contribution in [0.15, 0.2) is 6.07 Å². The van der Waals surface area contributed by atoms with E-state index in [0.29, 0.717) is 18.5 Å². The zero-order chi connectivity index (χ0) is 14.0. The highest BCUT2D eigenvalue weighted by atomic mass is 35.5. The fourth-order valence-corrected chi connectivity index (χ4v) is 2.54. The second kappa shape index (κ2) is 5.52. The number of carbonyl (C=O) groups is 2. The van der Waals surface area contributed by atoms with Gasteiger partial charge in [0.2, 0.25) is 5.28 Å². The summed E-state index contributed by atoms with van der Waals surface area (Å²) in [7, 11) is 0. The van der Waals surface area contributed by atoms with Crippen LogP contribution in [0.5, 0.6) is 0 Å². The Morgan fingerprint density at radius 2 is 2.16 bits per heavy atom. The van der Waals surface area contributed by atoms with E-state index in [9.17, 15) is 9.59 Å². The highest BCUT2D eigenvalue weighted by molar-refractivity contribution is 6.28. The molecule has 1 heterocycles. The first-order valence-corrected chi connectivity index (χ1v) is 6.40. The quantitative estimate of drug-likeness (QED) is 0.819. The number of carboxylic acids is 1. The van der Waals surface area contributed by atoms with Crippen LogP contribution in [0.1, 0.15) is 35.4 Å². The van der Waals surface area contributed by atoms with Crippen molar-refractivity contribution in [2.45, 2.75) is 32.2 Å². The molecule has 0 aliphatic heterocycles. The van der Waals surface area contributed by atoms with Gasteiger partial charge in [0.15, 0.2) is 0 Å². The maximum atomic E-state index is 12.0. The number of carboxylic acid groups (broad SMARTS) is 1. The lowest BCUT2D eigenvalue weighted by molar-refractivity contribution is -0.142. The van der Waals surface area contributed by atoms with Crippen LogP contribution < -0.4 is 5.32 Å². The average molecular weight is 284 g/mol. The van der Waals surface area contributed by atoms with Gasteiger partial charge in [-0.25, -0.2) is 9.97 Å². The molecule has 1 saturated carbocycles. The van der Waals surface area contributed by atoms with Crippen molar-refractivity contribution < 1.29 is 14.7 Å². The van der Waals surface area contributed by atoms with E-state index in [1.807, 2.05) is 0 Å². The molecule has 7 heteroatoms. The molecule has 0 aromatic carbocycles. The first kappa shape index (κ1) is 13.7. The van der Waals surface area contributed by atoms with Crippen molar-refractivity contribution in [3.05, 3.63) is 22.7 Å². The van der Waals surface area contributed by atoms with Crippen molar-refractivity contribution in [1.29, 1.82) is 0 Å². The fraction of sp³-hybridized carbons (Fsp3) is 0.500. The molecular weight excluding hydrogens is 270 g/mol. The molecule has 1 aromatic heterocycles. The van der Waals surface area contributed by atoms with E-state index in [4.69, 9.17) is 16.7 Å². The zero-order valence-corrected chi connectivity index (χ0v) is 11.1. The number of amides is 1. The number of aromatic nitrogens is 2. The van der Waals surface area contributed by atoms with Gasteiger partial charge >= 0.3 is 5.97 Å². The van der Waals surface area contributed by atoms with Gasteiger partial charge in [0.25, 0.3) is 5.91 Å². The van der Waals surface area contributed by atoms with Crippen LogP contribution in [0.25, 0.3) is 0 Å². The summed E-state index contributed by atoms with van der Waals surface area (Å²) in [6.45, 7) is 1.71. The van der Waals surface area contributed by atoms with Crippen LogP contribution >= 0.6 is 11.6 Å². The Labute approximate surface area is 115 Å². The highest BCUT2D eigenvalue weighted by Gasteiger charge is 2.34. The van der Waals surface area contributed by atoms with E-state index >= 15 is 0 Å². The maximum Gasteiger partial charge on any atom is 0.308 e. The van der Waals surface area contributed by atoms with Crippen LogP contribution in [0, 0.1) is 12.8 Å². The monoisotopic (exact) mass is 283 g/mol. The molecule has 2 rings (SSSR count). The molecule has 0 spiro atoms. The van der Waals surface area contributed by atoms with Crippen LogP contribution in [0.3, 0.4) is 0 Å². The third kappa shape index (κ3) is 3.20. The topological polar surface area (TPSA) is 92.2 Å². The summed E-state index contributed by atoms with van der Waals surface area (Å²) in [6.07, 6.45) is 2.05. The third-order valence-electron chi connectivity index (χ3n) is 3.21. The Balaban J connectivity index is 2.10. The van der Waals surface area contributed by atoms with Crippen molar-refractivity contribution >= 4 is 23.5 Å². The lowest BCUT2D eigenvalue weighted by Crippen LogP contribution is -2.40. The van der Waals surface area contributed by atoms with Gasteiger partial charge in [-0.1, -0.05) is 6.42 Å². The molecule has 6 nitrogen and oxygen atoms in total. The Bertz CT molecular complexity index is 501. The molecule has 1 aliphatic rings. The predicted molar refractivity (Wildman–Crippen MR) is 68.0 cm³/mol. The molecule has 0 saturated heterocycles. The number of nitrogens with zero attached hydrogens (tertiary/aromatic N) is 2. The van der Waals surface area contributed by atoms with E-state index < -0.39 is 17.8 Å². The molecule has 2 atom stereocenters. The van der Waals surface area contributed by atoms with Crippen molar-refractivity contribution in [3.63, 3.8) is 0 Å². The number of aliphatic carboxylic acids is 1. The van der Waals surface area contributed by atoms with Crippen molar-refractivity contribution in [1.82, 2.24) is 15.3 Å². The Morgan fingerprint density at radius 3 is 2.79 bits per heavy atom. The number of nitrogens with one attached hydrogen (secondary N) is 1. The third-order valence-corrected chi connectivity index (χ3v) is 3.38. The molecule has 1 fully saturated rings. The van der Waals surface area contributed by atoms with Gasteiger partial charge in [-0.2, -0.15) is 0 Å². The van der Waals surface area contributed by atoms with Crippen LogP contribution in [0.4, 0.5) is 0 Å². The van der Waals surface area contributed by atoms with Crippen LogP contribution in [-0.4, -0.2) is 33.0 Å². The van der Waals surface area contributed by atoms with Crippen molar-refractivity contribution in [2.24, 2.45) is 5.92 Å². The maximum absolute atomic E-state index is 12.0. The summed E-state index contributed by atoms with van der Waals surface area (Å²) in [5, 5.41) is 11.8. The van der Waals surface area contributed by atoms with Crippen molar-refractivity contribution in [3.8, 4) is 0 Å². The van der Waals surface area contributed by atoms with Crippen LogP contribution in [0.2, 0.25) is 5.28 Å². The van der Waals surface area contributed by atoms with E-state index in [1.54, 1.807) is 6.92 Å². The molecule has 1 aromatic rings. The minimum atomic E-state index is -0.875. The summed E-state index contributed by atoms with van der Waals surface area (Å²) >= 11 is 5.69. The summed E-state index contributed by atoms with van der Waals surface area (Å²) in [6, 6.07) is 1.17. The highest BCUT2D eigenvalue weighted by Crippen LogP contribution is 2.26. The second-order valence-electron chi connectivity index (χ2n) is 4.62. The lowest BCUT2D eigenvalue weighted by Gasteiger charge is -2.17. The molecule has 0 radical (unpaired) electrons. The number of hydrogen-bond donors (Lipinski definition) is 2. The molecule has 0 bridgehead atoms. The lowest BCUT2D eigenvalue weighted by atomic mass is 10.0. The minimum Gasteiger partial charge on any atom is -0.481 e. The normalized spacial score (nSPS) is 22.2. The molecule has 2 N–H and O–H groups in total. The SMILES string of the molecule is Cc1cc(C(=O)NC2CCCC2C(=O)O)nc(Cl)n1. The molecule has 1 amide bonds. The molecule has 1 aliphatic carbocycles. The smallest absolute Gasteiger partial charge is 0.308 e. The van der Waals surface area contributed by atoms with Crippen LogP contribution in [-0.2, 0) is 4.79 Å².